The normalized spacial score (nSPS) is 30.1. The van der Waals surface area contributed by atoms with E-state index >= 15 is 0 Å². The van der Waals surface area contributed by atoms with Gasteiger partial charge in [-0.1, -0.05) is 26.0 Å². The smallest absolute Gasteiger partial charge is 0.346 e. The lowest BCUT2D eigenvalue weighted by atomic mass is 9.79. The number of ketones is 1. The standard InChI is InChI=1S/C27H35N9O7/c1-13(37)9-34-12-18(38)35(24(34)40)10-16-20-26(33-22(28)32-20)27(41,42)17(11-36(26)23(29)30-16)31-21(39)14-5-4-6-15-19(14)43-8-7-25(15,2)3/h4-6,16-17,20,41-42H,7-12H2,1-3H3,(H6,28,29,30,31,32,33,39)/p+1/t16-,17?,20-,26-/m0/s1. The van der Waals surface area contributed by atoms with Crippen LogP contribution < -0.4 is 32.2 Å². The maximum absolute atomic E-state index is 13.6. The molecule has 0 bridgehead atoms. The third kappa shape index (κ3) is 4.18. The van der Waals surface area contributed by atoms with Crippen molar-refractivity contribution in [3.63, 3.8) is 0 Å². The van der Waals surface area contributed by atoms with E-state index in [1.165, 1.54) is 11.5 Å². The Morgan fingerprint density at radius 1 is 1.26 bits per heavy atom. The van der Waals surface area contributed by atoms with Crippen LogP contribution in [0.4, 0.5) is 4.79 Å². The van der Waals surface area contributed by atoms with Crippen LogP contribution in [0.3, 0.4) is 0 Å². The third-order valence-corrected chi connectivity index (χ3v) is 9.06. The van der Waals surface area contributed by atoms with Crippen molar-refractivity contribution in [1.29, 1.82) is 0 Å². The van der Waals surface area contributed by atoms with Crippen LogP contribution in [-0.2, 0) is 15.0 Å². The zero-order valence-electron chi connectivity index (χ0n) is 24.1. The molecule has 5 heterocycles. The van der Waals surface area contributed by atoms with E-state index in [4.69, 9.17) is 16.2 Å². The number of guanidine groups is 2. The molecule has 0 saturated carbocycles. The number of benzene rings is 1. The van der Waals surface area contributed by atoms with Gasteiger partial charge in [-0.15, -0.1) is 0 Å². The summed E-state index contributed by atoms with van der Waals surface area (Å²) in [5, 5.41) is 32.2. The molecule has 5 aliphatic rings. The number of imide groups is 1. The second kappa shape index (κ2) is 9.54. The van der Waals surface area contributed by atoms with Gasteiger partial charge in [-0.3, -0.25) is 30.3 Å². The minimum absolute atomic E-state index is 0.00951. The lowest BCUT2D eigenvalue weighted by Crippen LogP contribution is -2.79. The van der Waals surface area contributed by atoms with Crippen LogP contribution in [0.15, 0.2) is 23.2 Å². The van der Waals surface area contributed by atoms with Gasteiger partial charge in [0.2, 0.25) is 17.4 Å². The number of hydrogen-bond donors (Lipinski definition) is 7. The van der Waals surface area contributed by atoms with E-state index in [2.05, 4.69) is 34.8 Å². The largest absolute Gasteiger partial charge is 0.492 e. The molecule has 16 nitrogen and oxygen atoms in total. The minimum atomic E-state index is -2.70. The van der Waals surface area contributed by atoms with E-state index in [0.717, 1.165) is 21.8 Å². The van der Waals surface area contributed by atoms with Crippen molar-refractivity contribution in [1.82, 2.24) is 25.8 Å². The van der Waals surface area contributed by atoms with Crippen LogP contribution in [0, 0.1) is 0 Å². The first-order valence-electron chi connectivity index (χ1n) is 14.1. The fourth-order valence-electron chi connectivity index (χ4n) is 6.85. The van der Waals surface area contributed by atoms with Crippen LogP contribution in [0.25, 0.3) is 0 Å². The summed E-state index contributed by atoms with van der Waals surface area (Å²) in [7, 11) is 0. The van der Waals surface area contributed by atoms with Crippen LogP contribution >= 0.6 is 0 Å². The Balaban J connectivity index is 1.29. The molecule has 1 spiro atoms. The van der Waals surface area contributed by atoms with Gasteiger partial charge in [0.15, 0.2) is 5.96 Å². The number of nitrogens with two attached hydrogens (primary N) is 2. The predicted molar refractivity (Wildman–Crippen MR) is 150 cm³/mol. The first-order valence-corrected chi connectivity index (χ1v) is 14.1. The van der Waals surface area contributed by atoms with Crippen molar-refractivity contribution in [2.75, 3.05) is 32.8 Å². The Morgan fingerprint density at radius 3 is 2.72 bits per heavy atom. The lowest BCUT2D eigenvalue weighted by molar-refractivity contribution is -0.623. The first-order chi connectivity index (χ1) is 20.2. The highest BCUT2D eigenvalue weighted by Gasteiger charge is 2.75. The maximum atomic E-state index is 13.6. The molecule has 5 aliphatic heterocycles. The van der Waals surface area contributed by atoms with Gasteiger partial charge in [-0.05, 0) is 24.8 Å². The summed E-state index contributed by atoms with van der Waals surface area (Å²) >= 11 is 0. The van der Waals surface area contributed by atoms with E-state index in [-0.39, 0.29) is 54.9 Å². The zero-order chi connectivity index (χ0) is 31.1. The lowest BCUT2D eigenvalue weighted by Gasteiger charge is -2.44. The monoisotopic (exact) mass is 598 g/mol. The van der Waals surface area contributed by atoms with Gasteiger partial charge in [0.1, 0.15) is 36.2 Å². The Labute approximate surface area is 246 Å². The molecule has 0 aliphatic carbocycles. The number of aliphatic hydroxyl groups is 2. The number of nitrogens with one attached hydrogen (secondary N) is 3. The molecule has 0 aromatic heterocycles. The number of nitrogens with zero attached hydrogens (tertiary/aromatic N) is 4. The number of ether oxygens (including phenoxy) is 1. The Bertz CT molecular complexity index is 1510. The highest BCUT2D eigenvalue weighted by molar-refractivity contribution is 6.03. The summed E-state index contributed by atoms with van der Waals surface area (Å²) in [5.41, 5.74) is 11.5. The summed E-state index contributed by atoms with van der Waals surface area (Å²) in [6.45, 7) is 5.01. The van der Waals surface area contributed by atoms with E-state index in [1.54, 1.807) is 12.1 Å². The average Bonchev–Trinajstić information content (AvgIpc) is 3.49. The summed E-state index contributed by atoms with van der Waals surface area (Å²) in [6.07, 6.45) is 0.780. The van der Waals surface area contributed by atoms with Gasteiger partial charge in [0, 0.05) is 5.56 Å². The number of urea groups is 1. The van der Waals surface area contributed by atoms with Crippen LogP contribution in [0.5, 0.6) is 5.75 Å². The highest BCUT2D eigenvalue weighted by atomic mass is 16.5. The number of hydrogen-bond acceptors (Lipinski definition) is 12. The number of Topliss-reactive ketones (excluding diaryl/α,β-unsaturated/α-hetero) is 1. The number of para-hydroxylation sites is 1. The number of aliphatic imine (C=N–C) groups is 1. The van der Waals surface area contributed by atoms with Crippen LogP contribution in [0.2, 0.25) is 0 Å². The molecule has 1 aromatic carbocycles. The number of rotatable bonds is 6. The van der Waals surface area contributed by atoms with Crippen molar-refractivity contribution >= 4 is 35.5 Å². The molecule has 2 fully saturated rings. The summed E-state index contributed by atoms with van der Waals surface area (Å²) < 4.78 is 7.31. The predicted octanol–water partition coefficient (Wildman–Crippen LogP) is -3.33. The highest BCUT2D eigenvalue weighted by Crippen LogP contribution is 2.43. The van der Waals surface area contributed by atoms with Gasteiger partial charge in [-0.25, -0.2) is 14.4 Å². The molecule has 9 N–H and O–H groups in total. The van der Waals surface area contributed by atoms with Crippen molar-refractivity contribution in [3.05, 3.63) is 29.3 Å². The Morgan fingerprint density at radius 2 is 2.00 bits per heavy atom. The van der Waals surface area contributed by atoms with Gasteiger partial charge < -0.3 is 36.2 Å². The van der Waals surface area contributed by atoms with Gasteiger partial charge >= 0.3 is 12.0 Å². The summed E-state index contributed by atoms with van der Waals surface area (Å²) in [4.78, 5) is 57.4. The second-order valence-electron chi connectivity index (χ2n) is 12.4. The topological polar surface area (TPSA) is 228 Å². The van der Waals surface area contributed by atoms with E-state index in [9.17, 15) is 29.4 Å². The number of carbonyl (C=O) groups is 4. The van der Waals surface area contributed by atoms with Crippen LogP contribution in [0.1, 0.15) is 43.1 Å². The zero-order valence-corrected chi connectivity index (χ0v) is 24.1. The second-order valence-corrected chi connectivity index (χ2v) is 12.4. The maximum Gasteiger partial charge on any atom is 0.346 e. The molecule has 0 radical (unpaired) electrons. The molecular formula is C27H36N9O7+. The molecule has 1 aromatic rings. The molecule has 4 atom stereocenters. The molecule has 2 saturated heterocycles. The van der Waals surface area contributed by atoms with Crippen molar-refractivity contribution in [3.8, 4) is 5.75 Å². The van der Waals surface area contributed by atoms with Crippen molar-refractivity contribution < 1.29 is 38.7 Å². The summed E-state index contributed by atoms with van der Waals surface area (Å²) in [5.74, 6) is -3.77. The van der Waals surface area contributed by atoms with Gasteiger partial charge in [0.05, 0.1) is 31.8 Å². The molecule has 230 valence electrons. The van der Waals surface area contributed by atoms with Gasteiger partial charge in [-0.2, -0.15) is 0 Å². The SMILES string of the molecule is CC(=O)CN1CC(=O)N(C[C@@H]2NC(N)=[N+]3CC(NC(=O)c4cccc5c4OCCC5(C)C)C(O)(O)[C@@]34NC(N)=N[C@@H]24)C1=O. The van der Waals surface area contributed by atoms with E-state index < -0.39 is 47.4 Å². The van der Waals surface area contributed by atoms with Crippen molar-refractivity contribution in [2.45, 2.75) is 62.2 Å². The Hall–Kier alpha value is -4.44. The van der Waals surface area contributed by atoms with E-state index in [0.29, 0.717) is 12.4 Å². The first kappa shape index (κ1) is 28.7. The number of fused-ring (bicyclic) bond motifs is 1. The van der Waals surface area contributed by atoms with E-state index in [1.807, 2.05) is 6.07 Å². The number of carbonyl (C=O) groups excluding carboxylic acids is 4. The average molecular weight is 599 g/mol. The molecule has 4 amide bonds. The minimum Gasteiger partial charge on any atom is -0.492 e. The molecule has 43 heavy (non-hydrogen) atoms. The molecule has 6 rings (SSSR count). The Kier molecular flexibility index (Phi) is 6.36. The third-order valence-electron chi connectivity index (χ3n) is 9.06. The fourth-order valence-corrected chi connectivity index (χ4v) is 6.85. The van der Waals surface area contributed by atoms with Crippen molar-refractivity contribution in [2.24, 2.45) is 16.5 Å². The number of amides is 4. The molecule has 16 heteroatoms. The quantitative estimate of drug-likeness (QED) is 0.0973. The molecular weight excluding hydrogens is 562 g/mol. The summed E-state index contributed by atoms with van der Waals surface area (Å²) in [6, 6.07) is 1.35. The molecule has 1 unspecified atom stereocenters. The van der Waals surface area contributed by atoms with Gasteiger partial charge in [0.25, 0.3) is 5.91 Å². The van der Waals surface area contributed by atoms with Crippen LogP contribution in [-0.4, -0.2) is 122 Å². The fraction of sp³-hybridized carbons (Fsp3) is 0.556.